The van der Waals surface area contributed by atoms with Gasteiger partial charge >= 0.3 is 0 Å². The Morgan fingerprint density at radius 1 is 1.10 bits per heavy atom. The van der Waals surface area contributed by atoms with Gasteiger partial charge in [0, 0.05) is 17.9 Å². The lowest BCUT2D eigenvalue weighted by Crippen LogP contribution is -2.59. The first-order chi connectivity index (χ1) is 13.9. The largest absolute Gasteiger partial charge is 0.501 e. The predicted molar refractivity (Wildman–Crippen MR) is 125 cm³/mol. The van der Waals surface area contributed by atoms with Gasteiger partial charge in [0.2, 0.25) is 0 Å². The molecule has 3 nitrogen and oxygen atoms in total. The van der Waals surface area contributed by atoms with Gasteiger partial charge in [-0.25, -0.2) is 0 Å². The molecule has 1 fully saturated rings. The van der Waals surface area contributed by atoms with E-state index < -0.39 is 11.0 Å². The number of methoxy groups -OCH3 is 1. The van der Waals surface area contributed by atoms with Gasteiger partial charge in [-0.05, 0) is 79.6 Å². The number of allylic oxidation sites excluding steroid dienone is 7. The predicted octanol–water partition coefficient (Wildman–Crippen LogP) is 6.69. The summed E-state index contributed by atoms with van der Waals surface area (Å²) in [6.45, 7) is 14.8. The second-order valence-corrected chi connectivity index (χ2v) is 10.4. The van der Waals surface area contributed by atoms with E-state index in [2.05, 4.69) is 66.7 Å². The van der Waals surface area contributed by atoms with Crippen molar-refractivity contribution in [3.05, 3.63) is 46.8 Å². The summed E-state index contributed by atoms with van der Waals surface area (Å²) in [5.41, 5.74) is 1.46. The third-order valence-electron chi connectivity index (χ3n) is 7.57. The number of ether oxygens (including phenoxy) is 1. The quantitative estimate of drug-likeness (QED) is 0.450. The van der Waals surface area contributed by atoms with E-state index in [1.54, 1.807) is 13.2 Å². The first-order valence-electron chi connectivity index (χ1n) is 11.3. The summed E-state index contributed by atoms with van der Waals surface area (Å²) in [7, 11) is 1.60. The van der Waals surface area contributed by atoms with Crippen LogP contribution in [-0.4, -0.2) is 23.6 Å². The first-order valence-corrected chi connectivity index (χ1v) is 11.3. The molecule has 0 heterocycles. The molecule has 0 aliphatic heterocycles. The van der Waals surface area contributed by atoms with E-state index in [0.29, 0.717) is 25.0 Å². The van der Waals surface area contributed by atoms with Crippen molar-refractivity contribution in [1.82, 2.24) is 0 Å². The van der Waals surface area contributed by atoms with Crippen LogP contribution in [0.4, 0.5) is 0 Å². The molecule has 30 heavy (non-hydrogen) atoms. The molecule has 2 aliphatic carbocycles. The summed E-state index contributed by atoms with van der Waals surface area (Å²) >= 11 is 0. The van der Waals surface area contributed by atoms with Crippen LogP contribution >= 0.6 is 0 Å². The molecule has 4 atom stereocenters. The van der Waals surface area contributed by atoms with Crippen LogP contribution in [0.25, 0.3) is 0 Å². The van der Waals surface area contributed by atoms with Crippen molar-refractivity contribution in [2.24, 2.45) is 16.7 Å². The zero-order valence-electron chi connectivity index (χ0n) is 20.4. The van der Waals surface area contributed by atoms with Gasteiger partial charge in [-0.1, -0.05) is 41.9 Å². The first kappa shape index (κ1) is 24.7. The fraction of sp³-hybridized carbons (Fsp3) is 0.667. The summed E-state index contributed by atoms with van der Waals surface area (Å²) in [4.78, 5) is 13.6. The number of aliphatic hydroxyl groups is 1. The topological polar surface area (TPSA) is 46.5 Å². The van der Waals surface area contributed by atoms with E-state index in [0.717, 1.165) is 19.3 Å². The van der Waals surface area contributed by atoms with E-state index in [1.807, 2.05) is 0 Å². The lowest BCUT2D eigenvalue weighted by molar-refractivity contribution is -0.164. The molecule has 1 N–H and O–H groups in total. The van der Waals surface area contributed by atoms with Crippen LogP contribution in [0, 0.1) is 16.7 Å². The molecule has 168 valence electrons. The Kier molecular flexibility index (Phi) is 7.61. The summed E-state index contributed by atoms with van der Waals surface area (Å²) in [5, 5.41) is 12.5. The zero-order chi connectivity index (χ0) is 22.7. The van der Waals surface area contributed by atoms with E-state index in [4.69, 9.17) is 4.74 Å². The molecule has 0 aromatic rings. The van der Waals surface area contributed by atoms with Gasteiger partial charge in [0.25, 0.3) is 0 Å². The zero-order valence-corrected chi connectivity index (χ0v) is 20.4. The number of carbonyl (C=O) groups is 1. The highest BCUT2D eigenvalue weighted by molar-refractivity contribution is 5.98. The van der Waals surface area contributed by atoms with Gasteiger partial charge in [0.1, 0.15) is 5.76 Å². The maximum atomic E-state index is 13.6. The van der Waals surface area contributed by atoms with Crippen molar-refractivity contribution in [2.45, 2.75) is 92.6 Å². The van der Waals surface area contributed by atoms with Gasteiger partial charge in [-0.15, -0.1) is 0 Å². The Balaban J connectivity index is 2.63. The van der Waals surface area contributed by atoms with Gasteiger partial charge in [-0.3, -0.25) is 4.79 Å². The second kappa shape index (κ2) is 9.26. The highest BCUT2D eigenvalue weighted by Crippen LogP contribution is 2.68. The van der Waals surface area contributed by atoms with Crippen LogP contribution in [0.2, 0.25) is 0 Å². The molecule has 0 amide bonds. The standard InChI is InChI=1S/C27H42O3/c1-19(2)10-9-14-25(7)22(12-11-20(3)4)17-26(15-13-21(5)6)24(28)16-23(30-8)18-27(25,26)29/h10-11,13,16,22,29H,9,12,14-15,17-18H2,1-8H3/t22-,25+,26+,27-/m0/s1. The molecule has 2 rings (SSSR count). The Morgan fingerprint density at radius 2 is 1.70 bits per heavy atom. The Labute approximate surface area is 184 Å². The Morgan fingerprint density at radius 3 is 2.23 bits per heavy atom. The third-order valence-corrected chi connectivity index (χ3v) is 7.57. The minimum Gasteiger partial charge on any atom is -0.501 e. The maximum Gasteiger partial charge on any atom is 0.168 e. The van der Waals surface area contributed by atoms with Gasteiger partial charge < -0.3 is 9.84 Å². The van der Waals surface area contributed by atoms with E-state index in [1.165, 1.54) is 16.7 Å². The molecule has 0 radical (unpaired) electrons. The van der Waals surface area contributed by atoms with Crippen molar-refractivity contribution < 1.29 is 14.6 Å². The number of hydrogen-bond acceptors (Lipinski definition) is 3. The van der Waals surface area contributed by atoms with Crippen LogP contribution in [0.1, 0.15) is 87.0 Å². The number of fused-ring (bicyclic) bond motifs is 1. The summed E-state index contributed by atoms with van der Waals surface area (Å²) in [6.07, 6.45) is 12.7. The average molecular weight is 415 g/mol. The van der Waals surface area contributed by atoms with Crippen molar-refractivity contribution >= 4 is 5.78 Å². The molecule has 2 aliphatic rings. The number of hydrogen-bond donors (Lipinski definition) is 1. The minimum atomic E-state index is -1.13. The van der Waals surface area contributed by atoms with Crippen LogP contribution in [0.5, 0.6) is 0 Å². The van der Waals surface area contributed by atoms with E-state index in [9.17, 15) is 9.90 Å². The highest BCUT2D eigenvalue weighted by atomic mass is 16.5. The smallest absolute Gasteiger partial charge is 0.168 e. The third kappa shape index (κ3) is 4.37. The van der Waals surface area contributed by atoms with Crippen LogP contribution in [-0.2, 0) is 9.53 Å². The molecular weight excluding hydrogens is 372 g/mol. The summed E-state index contributed by atoms with van der Waals surface area (Å²) in [6, 6.07) is 0. The highest BCUT2D eigenvalue weighted by Gasteiger charge is 2.71. The molecule has 0 aromatic heterocycles. The van der Waals surface area contributed by atoms with Crippen molar-refractivity contribution in [3.8, 4) is 0 Å². The molecule has 0 aromatic carbocycles. The van der Waals surface area contributed by atoms with Crippen LogP contribution in [0.15, 0.2) is 46.8 Å². The Hall–Kier alpha value is -1.61. The lowest BCUT2D eigenvalue weighted by atomic mass is 9.56. The Bertz CT molecular complexity index is 772. The lowest BCUT2D eigenvalue weighted by Gasteiger charge is -2.51. The molecule has 0 saturated heterocycles. The molecule has 3 heteroatoms. The average Bonchev–Trinajstić information content (AvgIpc) is 2.83. The van der Waals surface area contributed by atoms with Crippen LogP contribution in [0.3, 0.4) is 0 Å². The maximum absolute atomic E-state index is 13.6. The van der Waals surface area contributed by atoms with E-state index in [-0.39, 0.29) is 17.1 Å². The number of carbonyl (C=O) groups excluding carboxylic acids is 1. The monoisotopic (exact) mass is 414 g/mol. The van der Waals surface area contributed by atoms with Gasteiger partial charge in [0.15, 0.2) is 5.78 Å². The molecule has 1 saturated carbocycles. The fourth-order valence-corrected chi connectivity index (χ4v) is 5.62. The van der Waals surface area contributed by atoms with Crippen molar-refractivity contribution in [3.63, 3.8) is 0 Å². The normalized spacial score (nSPS) is 32.8. The SMILES string of the molecule is COC1=CC(=O)[C@@]2(CC=C(C)C)C[C@H](CC=C(C)C)[C@@](C)(CCC=C(C)C)[C@@]2(O)C1. The van der Waals surface area contributed by atoms with Crippen LogP contribution < -0.4 is 0 Å². The molecule has 0 bridgehead atoms. The molecular formula is C27H42O3. The van der Waals surface area contributed by atoms with Crippen molar-refractivity contribution in [1.29, 1.82) is 0 Å². The van der Waals surface area contributed by atoms with Gasteiger partial charge in [0.05, 0.1) is 18.1 Å². The fourth-order valence-electron chi connectivity index (χ4n) is 5.62. The van der Waals surface area contributed by atoms with E-state index >= 15 is 0 Å². The number of ketones is 1. The molecule has 0 unspecified atom stereocenters. The van der Waals surface area contributed by atoms with Gasteiger partial charge in [-0.2, -0.15) is 0 Å². The second-order valence-electron chi connectivity index (χ2n) is 10.4. The van der Waals surface area contributed by atoms with Crippen molar-refractivity contribution in [2.75, 3.05) is 7.11 Å². The minimum absolute atomic E-state index is 0.0266. The molecule has 0 spiro atoms. The summed E-state index contributed by atoms with van der Waals surface area (Å²) < 4.78 is 5.52. The number of rotatable bonds is 8. The summed E-state index contributed by atoms with van der Waals surface area (Å²) in [5.74, 6) is 0.868.